The van der Waals surface area contributed by atoms with Gasteiger partial charge in [-0.2, -0.15) is 0 Å². The van der Waals surface area contributed by atoms with Crippen molar-refractivity contribution in [2.45, 2.75) is 12.6 Å². The number of aliphatic imine (C=N–C) groups is 1. The predicted molar refractivity (Wildman–Crippen MR) is 121 cm³/mol. The summed E-state index contributed by atoms with van der Waals surface area (Å²) in [6.45, 7) is 4.32. The van der Waals surface area contributed by atoms with Gasteiger partial charge in [0.15, 0.2) is 5.96 Å². The van der Waals surface area contributed by atoms with E-state index in [9.17, 15) is 5.11 Å². The largest absolute Gasteiger partial charge is 0.508 e. The summed E-state index contributed by atoms with van der Waals surface area (Å²) in [5.74, 6) is 2.42. The normalized spacial score (nSPS) is 15.9. The van der Waals surface area contributed by atoms with Gasteiger partial charge >= 0.3 is 0 Å². The van der Waals surface area contributed by atoms with Gasteiger partial charge in [-0.05, 0) is 35.9 Å². The molecule has 31 heavy (non-hydrogen) atoms. The van der Waals surface area contributed by atoms with E-state index in [-0.39, 0.29) is 11.8 Å². The summed E-state index contributed by atoms with van der Waals surface area (Å²) < 4.78 is 16.1. The first-order valence-electron chi connectivity index (χ1n) is 10.4. The summed E-state index contributed by atoms with van der Waals surface area (Å²) in [7, 11) is 5.01. The maximum absolute atomic E-state index is 10.1. The van der Waals surface area contributed by atoms with Crippen molar-refractivity contribution in [3.05, 3.63) is 53.6 Å². The summed E-state index contributed by atoms with van der Waals surface area (Å²) in [6.07, 6.45) is 0. The van der Waals surface area contributed by atoms with E-state index in [1.807, 2.05) is 18.2 Å². The minimum absolute atomic E-state index is 0.165. The lowest BCUT2D eigenvalue weighted by Crippen LogP contribution is -2.46. The lowest BCUT2D eigenvalue weighted by molar-refractivity contribution is 0.0170. The Balaban J connectivity index is 1.65. The molecule has 3 rings (SSSR count). The molecule has 1 unspecified atom stereocenters. The van der Waals surface area contributed by atoms with Gasteiger partial charge in [-0.1, -0.05) is 12.1 Å². The highest BCUT2D eigenvalue weighted by Crippen LogP contribution is 2.24. The van der Waals surface area contributed by atoms with Crippen LogP contribution in [0.2, 0.25) is 0 Å². The van der Waals surface area contributed by atoms with Crippen LogP contribution in [0.25, 0.3) is 0 Å². The number of phenolic OH excluding ortho intramolecular Hbond substituents is 1. The van der Waals surface area contributed by atoms with Crippen LogP contribution in [0, 0.1) is 0 Å². The Kier molecular flexibility index (Phi) is 8.37. The Labute approximate surface area is 183 Å². The summed E-state index contributed by atoms with van der Waals surface area (Å²) in [5, 5.41) is 16.8. The van der Waals surface area contributed by atoms with E-state index in [2.05, 4.69) is 32.7 Å². The van der Waals surface area contributed by atoms with Crippen LogP contribution >= 0.6 is 0 Å². The summed E-state index contributed by atoms with van der Waals surface area (Å²) >= 11 is 0. The molecule has 2 aromatic carbocycles. The van der Waals surface area contributed by atoms with Crippen molar-refractivity contribution in [1.82, 2.24) is 15.5 Å². The molecular formula is C23H32N4O4. The smallest absolute Gasteiger partial charge is 0.191 e. The molecule has 2 aromatic rings. The van der Waals surface area contributed by atoms with Gasteiger partial charge in [-0.15, -0.1) is 0 Å². The van der Waals surface area contributed by atoms with Crippen molar-refractivity contribution in [1.29, 1.82) is 0 Å². The van der Waals surface area contributed by atoms with E-state index in [0.29, 0.717) is 24.8 Å². The van der Waals surface area contributed by atoms with Crippen LogP contribution in [0.1, 0.15) is 17.2 Å². The highest BCUT2D eigenvalue weighted by Gasteiger charge is 2.23. The van der Waals surface area contributed by atoms with E-state index in [4.69, 9.17) is 14.2 Å². The molecule has 0 aromatic heterocycles. The number of methoxy groups -OCH3 is 2. The standard InChI is InChI=1S/C23H32N4O4/c1-24-23(25-15-18-14-20(30-3)8-9-22(18)28)26-16-21(27-10-12-31-13-11-27)17-4-6-19(29-2)7-5-17/h4-9,14,21,28H,10-13,15-16H2,1-3H3,(H2,24,25,26). The molecule has 1 atom stereocenters. The SMILES string of the molecule is CN=C(NCc1cc(OC)ccc1O)NCC(c1ccc(OC)cc1)N1CCOCC1. The van der Waals surface area contributed by atoms with E-state index in [1.54, 1.807) is 33.4 Å². The monoisotopic (exact) mass is 428 g/mol. The number of morpholine rings is 1. The summed E-state index contributed by atoms with van der Waals surface area (Å²) in [6, 6.07) is 13.5. The van der Waals surface area contributed by atoms with Crippen molar-refractivity contribution in [2.75, 3.05) is 54.1 Å². The Morgan fingerprint density at radius 3 is 2.39 bits per heavy atom. The topological polar surface area (TPSA) is 87.6 Å². The van der Waals surface area contributed by atoms with E-state index < -0.39 is 0 Å². The number of guanidine groups is 1. The average Bonchev–Trinajstić information content (AvgIpc) is 2.83. The third-order valence-electron chi connectivity index (χ3n) is 5.41. The van der Waals surface area contributed by atoms with Gasteiger partial charge in [-0.25, -0.2) is 0 Å². The second kappa shape index (κ2) is 11.4. The fourth-order valence-corrected chi connectivity index (χ4v) is 3.60. The minimum atomic E-state index is 0.165. The Bertz CT molecular complexity index is 851. The van der Waals surface area contributed by atoms with Crippen molar-refractivity contribution >= 4 is 5.96 Å². The molecule has 168 valence electrons. The first kappa shape index (κ1) is 22.7. The molecule has 0 aliphatic carbocycles. The molecule has 0 bridgehead atoms. The van der Waals surface area contributed by atoms with Crippen LogP contribution in [0.3, 0.4) is 0 Å². The zero-order valence-electron chi connectivity index (χ0n) is 18.4. The molecule has 0 amide bonds. The number of nitrogens with zero attached hydrogens (tertiary/aromatic N) is 2. The summed E-state index contributed by atoms with van der Waals surface area (Å²) in [5.41, 5.74) is 1.94. The quantitative estimate of drug-likeness (QED) is 0.439. The lowest BCUT2D eigenvalue weighted by atomic mass is 10.0. The van der Waals surface area contributed by atoms with Gasteiger partial charge in [-0.3, -0.25) is 9.89 Å². The van der Waals surface area contributed by atoms with E-state index in [1.165, 1.54) is 5.56 Å². The Hall–Kier alpha value is -2.97. The first-order chi connectivity index (χ1) is 15.1. The van der Waals surface area contributed by atoms with E-state index in [0.717, 1.165) is 37.6 Å². The molecule has 1 fully saturated rings. The number of phenols is 1. The molecule has 8 heteroatoms. The molecule has 3 N–H and O–H groups in total. The van der Waals surface area contributed by atoms with E-state index >= 15 is 0 Å². The van der Waals surface area contributed by atoms with Crippen LogP contribution in [0.4, 0.5) is 0 Å². The molecule has 1 aliphatic rings. The number of ether oxygens (including phenoxy) is 3. The molecule has 0 spiro atoms. The minimum Gasteiger partial charge on any atom is -0.508 e. The highest BCUT2D eigenvalue weighted by molar-refractivity contribution is 5.79. The fraction of sp³-hybridized carbons (Fsp3) is 0.435. The van der Waals surface area contributed by atoms with Crippen molar-refractivity contribution < 1.29 is 19.3 Å². The maximum atomic E-state index is 10.1. The van der Waals surface area contributed by atoms with Crippen molar-refractivity contribution in [3.63, 3.8) is 0 Å². The van der Waals surface area contributed by atoms with Crippen molar-refractivity contribution in [3.8, 4) is 17.2 Å². The maximum Gasteiger partial charge on any atom is 0.191 e. The number of hydrogen-bond donors (Lipinski definition) is 3. The Morgan fingerprint density at radius 1 is 1.06 bits per heavy atom. The van der Waals surface area contributed by atoms with Crippen LogP contribution in [0.5, 0.6) is 17.2 Å². The second-order valence-corrected chi connectivity index (χ2v) is 7.24. The zero-order valence-corrected chi connectivity index (χ0v) is 18.4. The van der Waals surface area contributed by atoms with Gasteiger partial charge in [0, 0.05) is 38.8 Å². The number of benzene rings is 2. The van der Waals surface area contributed by atoms with Crippen LogP contribution in [-0.2, 0) is 11.3 Å². The van der Waals surface area contributed by atoms with Crippen molar-refractivity contribution in [2.24, 2.45) is 4.99 Å². The number of nitrogens with one attached hydrogen (secondary N) is 2. The molecule has 0 saturated carbocycles. The molecule has 0 radical (unpaired) electrons. The van der Waals surface area contributed by atoms with Crippen LogP contribution in [0.15, 0.2) is 47.5 Å². The second-order valence-electron chi connectivity index (χ2n) is 7.24. The van der Waals surface area contributed by atoms with Gasteiger partial charge in [0.2, 0.25) is 0 Å². The molecule has 8 nitrogen and oxygen atoms in total. The van der Waals surface area contributed by atoms with Crippen LogP contribution < -0.4 is 20.1 Å². The number of hydrogen-bond acceptors (Lipinski definition) is 6. The van der Waals surface area contributed by atoms with Gasteiger partial charge in [0.05, 0.1) is 33.5 Å². The molecular weight excluding hydrogens is 396 g/mol. The Morgan fingerprint density at radius 2 is 1.74 bits per heavy atom. The fourth-order valence-electron chi connectivity index (χ4n) is 3.60. The molecule has 1 heterocycles. The third-order valence-corrected chi connectivity index (χ3v) is 5.41. The zero-order chi connectivity index (χ0) is 22.1. The first-order valence-corrected chi connectivity index (χ1v) is 10.4. The lowest BCUT2D eigenvalue weighted by Gasteiger charge is -2.35. The highest BCUT2D eigenvalue weighted by atomic mass is 16.5. The van der Waals surface area contributed by atoms with Gasteiger partial charge < -0.3 is 30.0 Å². The number of aromatic hydroxyl groups is 1. The summed E-state index contributed by atoms with van der Waals surface area (Å²) in [4.78, 5) is 6.75. The third kappa shape index (κ3) is 6.26. The van der Waals surface area contributed by atoms with Gasteiger partial charge in [0.1, 0.15) is 17.2 Å². The number of rotatable bonds is 8. The predicted octanol–water partition coefficient (Wildman–Crippen LogP) is 2.15. The van der Waals surface area contributed by atoms with Crippen LogP contribution in [-0.4, -0.2) is 70.1 Å². The molecule has 1 aliphatic heterocycles. The molecule has 1 saturated heterocycles. The average molecular weight is 429 g/mol. The van der Waals surface area contributed by atoms with Gasteiger partial charge in [0.25, 0.3) is 0 Å².